The van der Waals surface area contributed by atoms with Gasteiger partial charge in [0.05, 0.1) is 18.3 Å². The number of aromatic nitrogens is 1. The molecule has 5 heteroatoms. The molecule has 0 unspecified atom stereocenters. The number of carbonyl (C=O) groups excluding carboxylic acids is 1. The van der Waals surface area contributed by atoms with E-state index in [0.717, 1.165) is 18.5 Å². The van der Waals surface area contributed by atoms with Crippen molar-refractivity contribution in [2.45, 2.75) is 44.6 Å². The maximum atomic E-state index is 12.2. The van der Waals surface area contributed by atoms with Gasteiger partial charge in [-0.1, -0.05) is 19.3 Å². The van der Waals surface area contributed by atoms with Crippen LogP contribution in [0.3, 0.4) is 0 Å². The number of pyridine rings is 1. The molecule has 1 amide bonds. The largest absolute Gasteiger partial charge is 0.397 e. The molecule has 1 heterocycles. The highest BCUT2D eigenvalue weighted by molar-refractivity contribution is 5.85. The number of carbonyl (C=O) groups is 1. The molecule has 19 heavy (non-hydrogen) atoms. The number of rotatable bonds is 3. The van der Waals surface area contributed by atoms with Gasteiger partial charge in [-0.25, -0.2) is 0 Å². The topological polar surface area (TPSA) is 59.2 Å². The normalized spacial score (nSPS) is 15.6. The van der Waals surface area contributed by atoms with Crippen molar-refractivity contribution in [2.24, 2.45) is 0 Å². The third-order valence-electron chi connectivity index (χ3n) is 3.70. The fourth-order valence-corrected chi connectivity index (χ4v) is 2.49. The van der Waals surface area contributed by atoms with E-state index < -0.39 is 0 Å². The molecule has 1 aliphatic rings. The van der Waals surface area contributed by atoms with Crippen LogP contribution in [0, 0.1) is 0 Å². The number of halogens is 1. The van der Waals surface area contributed by atoms with Gasteiger partial charge in [-0.3, -0.25) is 9.78 Å². The first kappa shape index (κ1) is 15.8. The minimum Gasteiger partial charge on any atom is -0.397 e. The smallest absolute Gasteiger partial charge is 0.228 e. The van der Waals surface area contributed by atoms with E-state index >= 15 is 0 Å². The fraction of sp³-hybridized carbons (Fsp3) is 0.571. The van der Waals surface area contributed by atoms with E-state index in [1.54, 1.807) is 12.3 Å². The first-order valence-corrected chi connectivity index (χ1v) is 6.63. The van der Waals surface area contributed by atoms with E-state index in [1.165, 1.54) is 19.3 Å². The van der Waals surface area contributed by atoms with Crippen LogP contribution in [0.15, 0.2) is 18.3 Å². The molecule has 0 saturated heterocycles. The highest BCUT2D eigenvalue weighted by Gasteiger charge is 2.22. The Balaban J connectivity index is 0.00000180. The minimum absolute atomic E-state index is 0. The monoisotopic (exact) mass is 283 g/mol. The van der Waals surface area contributed by atoms with Gasteiger partial charge in [-0.15, -0.1) is 12.4 Å². The number of likely N-dealkylation sites (N-methyl/N-ethyl adjacent to an activating group) is 1. The van der Waals surface area contributed by atoms with Crippen molar-refractivity contribution in [1.29, 1.82) is 0 Å². The zero-order valence-corrected chi connectivity index (χ0v) is 12.2. The molecular formula is C14H22ClN3O. The third-order valence-corrected chi connectivity index (χ3v) is 3.70. The number of hydrogen-bond donors (Lipinski definition) is 1. The van der Waals surface area contributed by atoms with Gasteiger partial charge < -0.3 is 10.6 Å². The number of anilines is 1. The Morgan fingerprint density at radius 1 is 1.37 bits per heavy atom. The molecule has 1 fully saturated rings. The minimum atomic E-state index is 0. The molecule has 0 aliphatic heterocycles. The standard InChI is InChI=1S/C14H21N3O.ClH/c1-17(13-5-3-2-4-6-13)14(18)9-12-8-7-11(15)10-16-12;/h7-8,10,13H,2-6,9,15H2,1H3;1H. The average molecular weight is 284 g/mol. The van der Waals surface area contributed by atoms with E-state index in [-0.39, 0.29) is 18.3 Å². The molecule has 106 valence electrons. The Bertz CT molecular complexity index is 402. The number of hydrogen-bond acceptors (Lipinski definition) is 3. The van der Waals surface area contributed by atoms with E-state index in [9.17, 15) is 4.79 Å². The van der Waals surface area contributed by atoms with Crippen LogP contribution in [0.5, 0.6) is 0 Å². The molecule has 0 radical (unpaired) electrons. The number of nitrogens with two attached hydrogens (primary N) is 1. The summed E-state index contributed by atoms with van der Waals surface area (Å²) >= 11 is 0. The van der Waals surface area contributed by atoms with E-state index in [2.05, 4.69) is 4.98 Å². The van der Waals surface area contributed by atoms with Gasteiger partial charge in [-0.05, 0) is 25.0 Å². The Hall–Kier alpha value is -1.29. The quantitative estimate of drug-likeness (QED) is 0.927. The van der Waals surface area contributed by atoms with Crippen LogP contribution in [0.25, 0.3) is 0 Å². The second-order valence-electron chi connectivity index (χ2n) is 5.06. The second kappa shape index (κ2) is 7.34. The number of amides is 1. The van der Waals surface area contributed by atoms with Gasteiger partial charge in [0.2, 0.25) is 5.91 Å². The molecule has 0 spiro atoms. The van der Waals surface area contributed by atoms with Crippen molar-refractivity contribution in [1.82, 2.24) is 9.88 Å². The van der Waals surface area contributed by atoms with Crippen LogP contribution in [0.4, 0.5) is 5.69 Å². The predicted molar refractivity (Wildman–Crippen MR) is 79.2 cm³/mol. The van der Waals surface area contributed by atoms with Gasteiger partial charge in [0.1, 0.15) is 0 Å². The van der Waals surface area contributed by atoms with Crippen LogP contribution in [-0.2, 0) is 11.2 Å². The van der Waals surface area contributed by atoms with Crippen LogP contribution in [-0.4, -0.2) is 28.9 Å². The molecule has 2 N–H and O–H groups in total. The van der Waals surface area contributed by atoms with Gasteiger partial charge in [0, 0.05) is 18.8 Å². The van der Waals surface area contributed by atoms with Gasteiger partial charge >= 0.3 is 0 Å². The van der Waals surface area contributed by atoms with E-state index in [0.29, 0.717) is 18.2 Å². The van der Waals surface area contributed by atoms with Crippen LogP contribution in [0.2, 0.25) is 0 Å². The lowest BCUT2D eigenvalue weighted by Crippen LogP contribution is -2.39. The third kappa shape index (κ3) is 4.39. The average Bonchev–Trinajstić information content (AvgIpc) is 2.41. The van der Waals surface area contributed by atoms with Crippen molar-refractivity contribution < 1.29 is 4.79 Å². The second-order valence-corrected chi connectivity index (χ2v) is 5.06. The summed E-state index contributed by atoms with van der Waals surface area (Å²) in [6, 6.07) is 4.03. The maximum Gasteiger partial charge on any atom is 0.228 e. The Morgan fingerprint density at radius 3 is 2.63 bits per heavy atom. The summed E-state index contributed by atoms with van der Waals surface area (Å²) in [5.74, 6) is 0.152. The van der Waals surface area contributed by atoms with Crippen LogP contribution in [0.1, 0.15) is 37.8 Å². The van der Waals surface area contributed by atoms with Crippen LogP contribution >= 0.6 is 12.4 Å². The molecule has 2 rings (SSSR count). The van der Waals surface area contributed by atoms with Gasteiger partial charge in [-0.2, -0.15) is 0 Å². The van der Waals surface area contributed by atoms with Crippen molar-refractivity contribution in [3.63, 3.8) is 0 Å². The summed E-state index contributed by atoms with van der Waals surface area (Å²) in [7, 11) is 1.91. The van der Waals surface area contributed by atoms with Crippen molar-refractivity contribution in [2.75, 3.05) is 12.8 Å². The fourth-order valence-electron chi connectivity index (χ4n) is 2.49. The van der Waals surface area contributed by atoms with Gasteiger partial charge in [0.25, 0.3) is 0 Å². The molecule has 0 aromatic carbocycles. The van der Waals surface area contributed by atoms with E-state index in [4.69, 9.17) is 5.73 Å². The van der Waals surface area contributed by atoms with Crippen molar-refractivity contribution in [3.05, 3.63) is 24.0 Å². The molecule has 0 bridgehead atoms. The molecule has 0 atom stereocenters. The SMILES string of the molecule is CN(C(=O)Cc1ccc(N)cn1)C1CCCCC1.Cl. The number of nitrogens with zero attached hydrogens (tertiary/aromatic N) is 2. The van der Waals surface area contributed by atoms with Gasteiger partial charge in [0.15, 0.2) is 0 Å². The molecule has 1 aromatic rings. The highest BCUT2D eigenvalue weighted by atomic mass is 35.5. The number of nitrogen functional groups attached to an aromatic ring is 1. The summed E-state index contributed by atoms with van der Waals surface area (Å²) in [5.41, 5.74) is 7.00. The molecule has 1 saturated carbocycles. The van der Waals surface area contributed by atoms with Crippen molar-refractivity contribution >= 4 is 24.0 Å². The molecular weight excluding hydrogens is 262 g/mol. The summed E-state index contributed by atoms with van der Waals surface area (Å²) in [6.07, 6.45) is 8.02. The molecule has 4 nitrogen and oxygen atoms in total. The zero-order valence-electron chi connectivity index (χ0n) is 11.3. The summed E-state index contributed by atoms with van der Waals surface area (Å²) in [6.45, 7) is 0. The lowest BCUT2D eigenvalue weighted by Gasteiger charge is -2.31. The summed E-state index contributed by atoms with van der Waals surface area (Å²) < 4.78 is 0. The highest BCUT2D eigenvalue weighted by Crippen LogP contribution is 2.22. The maximum absolute atomic E-state index is 12.2. The molecule has 1 aromatic heterocycles. The lowest BCUT2D eigenvalue weighted by molar-refractivity contribution is -0.131. The Morgan fingerprint density at radius 2 is 2.05 bits per heavy atom. The van der Waals surface area contributed by atoms with E-state index in [1.807, 2.05) is 18.0 Å². The first-order chi connectivity index (χ1) is 8.66. The summed E-state index contributed by atoms with van der Waals surface area (Å²) in [4.78, 5) is 18.2. The van der Waals surface area contributed by atoms with Crippen LogP contribution < -0.4 is 5.73 Å². The zero-order chi connectivity index (χ0) is 13.0. The first-order valence-electron chi connectivity index (χ1n) is 6.63. The summed E-state index contributed by atoms with van der Waals surface area (Å²) in [5, 5.41) is 0. The molecule has 1 aliphatic carbocycles. The van der Waals surface area contributed by atoms with Crippen molar-refractivity contribution in [3.8, 4) is 0 Å². The predicted octanol–water partition coefficient (Wildman–Crippen LogP) is 2.42. The Labute approximate surface area is 120 Å². The lowest BCUT2D eigenvalue weighted by atomic mass is 9.94. The Kier molecular flexibility index (Phi) is 6.09.